The molecular weight excluding hydrogens is 416 g/mol. The van der Waals surface area contributed by atoms with Crippen molar-refractivity contribution in [1.29, 1.82) is 0 Å². The Morgan fingerprint density at radius 3 is 2.65 bits per heavy atom. The Morgan fingerprint density at radius 2 is 1.94 bits per heavy atom. The maximum absolute atomic E-state index is 13.0. The summed E-state index contributed by atoms with van der Waals surface area (Å²) in [5.41, 5.74) is 2.18. The van der Waals surface area contributed by atoms with E-state index in [-0.39, 0.29) is 12.6 Å². The van der Waals surface area contributed by atoms with E-state index >= 15 is 0 Å². The molecule has 0 atom stereocenters. The molecule has 5 rings (SSSR count). The monoisotopic (exact) mass is 434 g/mol. The molecule has 9 heteroatoms. The van der Waals surface area contributed by atoms with Crippen LogP contribution in [0, 0.1) is 0 Å². The predicted octanol–water partition coefficient (Wildman–Crippen LogP) is 5.35. The number of hydrogen-bond acceptors (Lipinski definition) is 8. The van der Waals surface area contributed by atoms with Gasteiger partial charge in [-0.05, 0) is 44.2 Å². The molecule has 0 bridgehead atoms. The van der Waals surface area contributed by atoms with Crippen LogP contribution in [-0.4, -0.2) is 25.7 Å². The summed E-state index contributed by atoms with van der Waals surface area (Å²) in [6, 6.07) is 8.97. The number of carbonyl (C=O) groups is 1. The summed E-state index contributed by atoms with van der Waals surface area (Å²) in [6.45, 7) is 4.06. The van der Waals surface area contributed by atoms with Gasteiger partial charge in [-0.1, -0.05) is 0 Å². The summed E-state index contributed by atoms with van der Waals surface area (Å²) in [6.07, 6.45) is 4.81. The maximum atomic E-state index is 13.0. The Labute approximate surface area is 181 Å². The molecule has 0 N–H and O–H groups in total. The first kappa shape index (κ1) is 19.3. The zero-order chi connectivity index (χ0) is 21.4. The molecule has 31 heavy (non-hydrogen) atoms. The smallest absolute Gasteiger partial charge is 0.339 e. The van der Waals surface area contributed by atoms with E-state index in [4.69, 9.17) is 13.6 Å². The lowest BCUT2D eigenvalue weighted by Crippen LogP contribution is -2.08. The largest absolute Gasteiger partial charge is 0.463 e. The van der Waals surface area contributed by atoms with Crippen molar-refractivity contribution in [3.63, 3.8) is 0 Å². The normalized spacial score (nSPS) is 11.5. The molecule has 0 aliphatic rings. The van der Waals surface area contributed by atoms with Gasteiger partial charge in [-0.15, -0.1) is 11.3 Å². The Morgan fingerprint density at radius 1 is 1.16 bits per heavy atom. The van der Waals surface area contributed by atoms with Crippen LogP contribution in [0.15, 0.2) is 63.3 Å². The number of hydrogen-bond donors (Lipinski definition) is 0. The first-order valence-corrected chi connectivity index (χ1v) is 10.6. The second-order valence-corrected chi connectivity index (χ2v) is 8.01. The van der Waals surface area contributed by atoms with Crippen molar-refractivity contribution in [2.24, 2.45) is 0 Å². The molecule has 0 radical (unpaired) electrons. The lowest BCUT2D eigenvalue weighted by molar-refractivity contribution is 0.0471. The average molecular weight is 434 g/mol. The number of pyridine rings is 1. The van der Waals surface area contributed by atoms with Crippen molar-refractivity contribution < 1.29 is 18.4 Å². The number of rotatable bonds is 6. The van der Waals surface area contributed by atoms with Crippen molar-refractivity contribution >= 4 is 28.3 Å². The van der Waals surface area contributed by atoms with E-state index in [1.807, 2.05) is 25.3 Å². The highest BCUT2D eigenvalue weighted by molar-refractivity contribution is 7.13. The van der Waals surface area contributed by atoms with Gasteiger partial charge in [0.2, 0.25) is 0 Å². The Bertz CT molecular complexity index is 1330. The molecule has 0 unspecified atom stereocenters. The summed E-state index contributed by atoms with van der Waals surface area (Å²) < 4.78 is 18.2. The van der Waals surface area contributed by atoms with Gasteiger partial charge in [0.25, 0.3) is 0 Å². The molecule has 0 aliphatic heterocycles. The SMILES string of the molecule is CC(C)n1ncc2c(C(=O)OCc3csc(-c4ccco4)n3)cc(-c3ccco3)nc21. The Hall–Kier alpha value is -3.72. The van der Waals surface area contributed by atoms with E-state index in [2.05, 4.69) is 15.1 Å². The average Bonchev–Trinajstić information content (AvgIpc) is 3.56. The molecular formula is C22H18N4O4S. The fraction of sp³-hybridized carbons (Fsp3) is 0.182. The van der Waals surface area contributed by atoms with Crippen molar-refractivity contribution in [1.82, 2.24) is 19.7 Å². The molecule has 0 aromatic carbocycles. The maximum Gasteiger partial charge on any atom is 0.339 e. The zero-order valence-corrected chi connectivity index (χ0v) is 17.6. The lowest BCUT2D eigenvalue weighted by atomic mass is 10.1. The molecule has 8 nitrogen and oxygen atoms in total. The standard InChI is InChI=1S/C22H18N4O4S/c1-13(2)26-20-16(10-23-26)15(9-17(25-20)18-5-3-7-28-18)22(27)30-11-14-12-31-21(24-14)19-6-4-8-29-19/h3-10,12-13H,11H2,1-2H3. The minimum Gasteiger partial charge on any atom is -0.463 e. The van der Waals surface area contributed by atoms with Gasteiger partial charge in [-0.25, -0.2) is 19.4 Å². The first-order chi connectivity index (χ1) is 15.1. The zero-order valence-electron chi connectivity index (χ0n) is 16.8. The molecule has 0 fully saturated rings. The van der Waals surface area contributed by atoms with Gasteiger partial charge < -0.3 is 13.6 Å². The molecule has 5 aromatic rings. The number of fused-ring (bicyclic) bond motifs is 1. The number of aromatic nitrogens is 4. The number of esters is 1. The van der Waals surface area contributed by atoms with Gasteiger partial charge in [0.1, 0.15) is 12.3 Å². The van der Waals surface area contributed by atoms with Crippen LogP contribution in [0.4, 0.5) is 0 Å². The third kappa shape index (κ3) is 3.64. The molecule has 0 saturated carbocycles. The highest BCUT2D eigenvalue weighted by Crippen LogP contribution is 2.28. The molecule has 156 valence electrons. The number of thiazole rings is 1. The van der Waals surface area contributed by atoms with E-state index in [0.717, 1.165) is 5.01 Å². The van der Waals surface area contributed by atoms with Crippen LogP contribution in [0.2, 0.25) is 0 Å². The summed E-state index contributed by atoms with van der Waals surface area (Å²) >= 11 is 1.43. The minimum atomic E-state index is -0.476. The van der Waals surface area contributed by atoms with Gasteiger partial charge >= 0.3 is 5.97 Å². The van der Waals surface area contributed by atoms with Crippen molar-refractivity contribution in [2.45, 2.75) is 26.5 Å². The van der Waals surface area contributed by atoms with Crippen molar-refractivity contribution in [2.75, 3.05) is 0 Å². The number of ether oxygens (including phenoxy) is 1. The van der Waals surface area contributed by atoms with Crippen LogP contribution in [-0.2, 0) is 11.3 Å². The van der Waals surface area contributed by atoms with E-state index in [1.54, 1.807) is 47.7 Å². The van der Waals surface area contributed by atoms with Crippen LogP contribution in [0.25, 0.3) is 33.3 Å². The van der Waals surface area contributed by atoms with Crippen LogP contribution >= 0.6 is 11.3 Å². The lowest BCUT2D eigenvalue weighted by Gasteiger charge is -2.09. The van der Waals surface area contributed by atoms with Crippen LogP contribution in [0.3, 0.4) is 0 Å². The summed E-state index contributed by atoms with van der Waals surface area (Å²) in [4.78, 5) is 22.1. The fourth-order valence-corrected chi connectivity index (χ4v) is 3.99. The molecule has 5 aromatic heterocycles. The number of furan rings is 2. The summed E-state index contributed by atoms with van der Waals surface area (Å²) in [5.74, 6) is 0.772. The predicted molar refractivity (Wildman–Crippen MR) is 115 cm³/mol. The molecule has 5 heterocycles. The molecule has 0 amide bonds. The van der Waals surface area contributed by atoms with E-state index in [1.165, 1.54) is 11.3 Å². The van der Waals surface area contributed by atoms with Gasteiger partial charge in [0, 0.05) is 11.4 Å². The number of nitrogens with zero attached hydrogens (tertiary/aromatic N) is 4. The van der Waals surface area contributed by atoms with Crippen LogP contribution in [0.1, 0.15) is 35.9 Å². The summed E-state index contributed by atoms with van der Waals surface area (Å²) in [7, 11) is 0. The Kier molecular flexibility index (Phi) is 4.87. The highest BCUT2D eigenvalue weighted by atomic mass is 32.1. The van der Waals surface area contributed by atoms with E-state index in [0.29, 0.717) is 39.5 Å². The Balaban J connectivity index is 1.45. The highest BCUT2D eigenvalue weighted by Gasteiger charge is 2.21. The number of carbonyl (C=O) groups excluding carboxylic acids is 1. The third-order valence-corrected chi connectivity index (χ3v) is 5.59. The van der Waals surface area contributed by atoms with Crippen LogP contribution in [0.5, 0.6) is 0 Å². The molecule has 0 saturated heterocycles. The quantitative estimate of drug-likeness (QED) is 0.333. The third-order valence-electron chi connectivity index (χ3n) is 4.68. The van der Waals surface area contributed by atoms with Gasteiger partial charge in [0.15, 0.2) is 22.2 Å². The topological polar surface area (TPSA) is 96.2 Å². The van der Waals surface area contributed by atoms with Gasteiger partial charge in [0.05, 0.1) is 35.4 Å². The fourth-order valence-electron chi connectivity index (χ4n) is 3.22. The van der Waals surface area contributed by atoms with Crippen molar-refractivity contribution in [3.05, 3.63) is 65.7 Å². The first-order valence-electron chi connectivity index (χ1n) is 9.67. The summed E-state index contributed by atoms with van der Waals surface area (Å²) in [5, 5.41) is 7.62. The second kappa shape index (κ2) is 7.84. The van der Waals surface area contributed by atoms with E-state index in [9.17, 15) is 4.79 Å². The van der Waals surface area contributed by atoms with E-state index < -0.39 is 5.97 Å². The minimum absolute atomic E-state index is 0.0499. The van der Waals surface area contributed by atoms with Gasteiger partial charge in [-0.2, -0.15) is 5.10 Å². The molecule has 0 spiro atoms. The van der Waals surface area contributed by atoms with Crippen LogP contribution < -0.4 is 0 Å². The second-order valence-electron chi connectivity index (χ2n) is 7.15. The van der Waals surface area contributed by atoms with Crippen molar-refractivity contribution in [3.8, 4) is 22.2 Å². The molecule has 0 aliphatic carbocycles. The van der Waals surface area contributed by atoms with Gasteiger partial charge in [-0.3, -0.25) is 0 Å².